The van der Waals surface area contributed by atoms with E-state index < -0.39 is 0 Å². The van der Waals surface area contributed by atoms with Crippen LogP contribution in [-0.2, 0) is 7.05 Å². The zero-order chi connectivity index (χ0) is 5.28. The molecule has 0 spiro atoms. The Bertz CT molecular complexity index is 142. The summed E-state index contributed by atoms with van der Waals surface area (Å²) in [5.74, 6) is 0. The van der Waals surface area contributed by atoms with Crippen LogP contribution in [0.25, 0.3) is 0 Å². The molecule has 0 saturated carbocycles. The minimum atomic E-state index is 1.11. The maximum Gasteiger partial charge on any atom is 0.252 e. The lowest BCUT2D eigenvalue weighted by atomic mass is 10.9. The lowest BCUT2D eigenvalue weighted by molar-refractivity contribution is -0.725. The molecule has 0 N–H and O–H groups in total. The number of rotatable bonds is 0. The van der Waals surface area contributed by atoms with Crippen LogP contribution >= 0.6 is 11.3 Å². The van der Waals surface area contributed by atoms with Crippen molar-refractivity contribution < 1.29 is 4.68 Å². The van der Waals surface area contributed by atoms with E-state index in [-0.39, 0.29) is 0 Å². The molecule has 0 radical (unpaired) electrons. The molecule has 0 unspecified atom stereocenters. The van der Waals surface area contributed by atoms with E-state index in [0.29, 0.717) is 0 Å². The van der Waals surface area contributed by atoms with Crippen molar-refractivity contribution >= 4 is 11.3 Å². The molecule has 1 aromatic heterocycles. The average molecular weight is 115 g/mol. The first-order valence-electron chi connectivity index (χ1n) is 2.07. The molecule has 0 aromatic carbocycles. The van der Waals surface area contributed by atoms with Gasteiger partial charge in [0.25, 0.3) is 5.51 Å². The van der Waals surface area contributed by atoms with Crippen LogP contribution in [0.4, 0.5) is 0 Å². The minimum absolute atomic E-state index is 1.11. The highest BCUT2D eigenvalue weighted by atomic mass is 32.1. The lowest BCUT2D eigenvalue weighted by Crippen LogP contribution is -2.28. The largest absolute Gasteiger partial charge is 0.252 e. The van der Waals surface area contributed by atoms with Gasteiger partial charge in [0, 0.05) is 5.10 Å². The van der Waals surface area contributed by atoms with E-state index >= 15 is 0 Å². The van der Waals surface area contributed by atoms with Crippen molar-refractivity contribution in [1.82, 2.24) is 5.10 Å². The van der Waals surface area contributed by atoms with E-state index in [2.05, 4.69) is 5.10 Å². The fourth-order valence-electron chi connectivity index (χ4n) is 0.422. The van der Waals surface area contributed by atoms with E-state index in [0.717, 1.165) is 5.01 Å². The van der Waals surface area contributed by atoms with Gasteiger partial charge in [0.15, 0.2) is 12.1 Å². The Kier molecular flexibility index (Phi) is 1.06. The first-order valence-corrected chi connectivity index (χ1v) is 2.95. The van der Waals surface area contributed by atoms with Gasteiger partial charge >= 0.3 is 0 Å². The smallest absolute Gasteiger partial charge is 0.0829 e. The van der Waals surface area contributed by atoms with Crippen LogP contribution in [0.1, 0.15) is 5.01 Å². The molecule has 3 heteroatoms. The summed E-state index contributed by atoms with van der Waals surface area (Å²) < 4.78 is 1.81. The fourth-order valence-corrected chi connectivity index (χ4v) is 0.950. The van der Waals surface area contributed by atoms with E-state index in [9.17, 15) is 0 Å². The number of aromatic nitrogens is 2. The summed E-state index contributed by atoms with van der Waals surface area (Å²) in [6.07, 6.45) is 0. The third-order valence-electron chi connectivity index (χ3n) is 0.674. The van der Waals surface area contributed by atoms with Crippen molar-refractivity contribution in [2.45, 2.75) is 6.92 Å². The van der Waals surface area contributed by atoms with E-state index in [1.165, 1.54) is 0 Å². The van der Waals surface area contributed by atoms with E-state index in [1.807, 2.05) is 19.5 Å². The first kappa shape index (κ1) is 4.71. The standard InChI is InChI=1S/C4H7N2S/c1-4-5-6(2)3-7-4/h3H,1-2H3/q+1. The van der Waals surface area contributed by atoms with Gasteiger partial charge < -0.3 is 0 Å². The van der Waals surface area contributed by atoms with Crippen LogP contribution in [0.5, 0.6) is 0 Å². The summed E-state index contributed by atoms with van der Waals surface area (Å²) in [5.41, 5.74) is 1.97. The van der Waals surface area contributed by atoms with Gasteiger partial charge in [-0.05, 0) is 6.92 Å². The van der Waals surface area contributed by atoms with Crippen molar-refractivity contribution in [3.05, 3.63) is 10.5 Å². The zero-order valence-electron chi connectivity index (χ0n) is 4.38. The van der Waals surface area contributed by atoms with Gasteiger partial charge in [-0.15, -0.1) is 0 Å². The summed E-state index contributed by atoms with van der Waals surface area (Å²) in [7, 11) is 1.92. The molecule has 0 aliphatic carbocycles. The van der Waals surface area contributed by atoms with E-state index in [4.69, 9.17) is 0 Å². The summed E-state index contributed by atoms with van der Waals surface area (Å²) in [5, 5.41) is 5.16. The highest BCUT2D eigenvalue weighted by molar-refractivity contribution is 7.08. The predicted molar refractivity (Wildman–Crippen MR) is 28.0 cm³/mol. The SMILES string of the molecule is Cc1n[n+](C)cs1. The van der Waals surface area contributed by atoms with Crippen molar-refractivity contribution in [2.75, 3.05) is 0 Å². The topological polar surface area (TPSA) is 16.8 Å². The van der Waals surface area contributed by atoms with Gasteiger partial charge in [0.1, 0.15) is 0 Å². The molecule has 2 nitrogen and oxygen atoms in total. The average Bonchev–Trinajstić information content (AvgIpc) is 1.87. The van der Waals surface area contributed by atoms with Crippen molar-refractivity contribution in [3.8, 4) is 0 Å². The van der Waals surface area contributed by atoms with Crippen LogP contribution < -0.4 is 4.68 Å². The second-order valence-corrected chi connectivity index (χ2v) is 2.45. The lowest BCUT2D eigenvalue weighted by Gasteiger charge is -1.63. The summed E-state index contributed by atoms with van der Waals surface area (Å²) in [6, 6.07) is 0. The third-order valence-corrected chi connectivity index (χ3v) is 1.51. The van der Waals surface area contributed by atoms with Crippen molar-refractivity contribution in [3.63, 3.8) is 0 Å². The Balaban J connectivity index is 3.04. The Morgan fingerprint density at radius 1 is 1.86 bits per heavy atom. The third kappa shape index (κ3) is 0.962. The second kappa shape index (κ2) is 1.58. The van der Waals surface area contributed by atoms with Crippen LogP contribution in [0, 0.1) is 6.92 Å². The van der Waals surface area contributed by atoms with Crippen LogP contribution in [0.15, 0.2) is 5.51 Å². The zero-order valence-corrected chi connectivity index (χ0v) is 5.20. The maximum absolute atomic E-state index is 4.05. The Morgan fingerprint density at radius 3 is 2.71 bits per heavy atom. The quantitative estimate of drug-likeness (QED) is 0.444. The molecule has 0 atom stereocenters. The van der Waals surface area contributed by atoms with Gasteiger partial charge in [0.05, 0.1) is 0 Å². The summed E-state index contributed by atoms with van der Waals surface area (Å²) >= 11 is 1.66. The number of hydrogen-bond acceptors (Lipinski definition) is 2. The maximum atomic E-state index is 4.05. The Hall–Kier alpha value is -0.440. The molecule has 0 amide bonds. The van der Waals surface area contributed by atoms with Gasteiger partial charge in [-0.2, -0.15) is 0 Å². The Morgan fingerprint density at radius 2 is 2.57 bits per heavy atom. The Labute approximate surface area is 46.4 Å². The number of nitrogens with zero attached hydrogens (tertiary/aromatic N) is 2. The minimum Gasteiger partial charge on any atom is -0.0829 e. The monoisotopic (exact) mass is 115 g/mol. The van der Waals surface area contributed by atoms with Crippen molar-refractivity contribution in [2.24, 2.45) is 7.05 Å². The molecule has 0 aliphatic rings. The van der Waals surface area contributed by atoms with Crippen LogP contribution in [-0.4, -0.2) is 5.10 Å². The highest BCUT2D eigenvalue weighted by Crippen LogP contribution is 1.93. The van der Waals surface area contributed by atoms with Gasteiger partial charge in [-0.1, -0.05) is 16.0 Å². The van der Waals surface area contributed by atoms with E-state index in [1.54, 1.807) is 16.0 Å². The molecule has 0 bridgehead atoms. The molecule has 1 heterocycles. The van der Waals surface area contributed by atoms with Gasteiger partial charge in [0.2, 0.25) is 0 Å². The molecule has 0 saturated heterocycles. The second-order valence-electron chi connectivity index (χ2n) is 1.42. The highest BCUT2D eigenvalue weighted by Gasteiger charge is 1.94. The van der Waals surface area contributed by atoms with Gasteiger partial charge in [-0.3, -0.25) is 0 Å². The van der Waals surface area contributed by atoms with Crippen LogP contribution in [0.2, 0.25) is 0 Å². The van der Waals surface area contributed by atoms with Crippen molar-refractivity contribution in [1.29, 1.82) is 0 Å². The molecular weight excluding hydrogens is 108 g/mol. The van der Waals surface area contributed by atoms with Crippen LogP contribution in [0.3, 0.4) is 0 Å². The molecule has 1 aromatic rings. The number of aryl methyl sites for hydroxylation is 2. The molecule has 38 valence electrons. The normalized spacial score (nSPS) is 9.43. The van der Waals surface area contributed by atoms with Gasteiger partial charge in [-0.25, -0.2) is 0 Å². The molecule has 7 heavy (non-hydrogen) atoms. The number of hydrogen-bond donors (Lipinski definition) is 0. The molecule has 0 fully saturated rings. The summed E-state index contributed by atoms with van der Waals surface area (Å²) in [6.45, 7) is 1.99. The summed E-state index contributed by atoms with van der Waals surface area (Å²) in [4.78, 5) is 0. The first-order chi connectivity index (χ1) is 3.29. The molecular formula is C4H7N2S+. The predicted octanol–water partition coefficient (Wildman–Crippen LogP) is 0.276. The molecule has 0 aliphatic heterocycles. The fraction of sp³-hybridized carbons (Fsp3) is 0.500. The molecule has 1 rings (SSSR count).